The van der Waals surface area contributed by atoms with Crippen molar-refractivity contribution in [3.05, 3.63) is 71.5 Å². The summed E-state index contributed by atoms with van der Waals surface area (Å²) in [5, 5.41) is 6.06. The first-order chi connectivity index (χ1) is 11.3. The van der Waals surface area contributed by atoms with Gasteiger partial charge in [0.25, 0.3) is 0 Å². The van der Waals surface area contributed by atoms with Crippen LogP contribution in [0.4, 0.5) is 0 Å². The molecule has 1 aromatic heterocycles. The third-order valence-electron chi connectivity index (χ3n) is 4.48. The fourth-order valence-electron chi connectivity index (χ4n) is 3.38. The summed E-state index contributed by atoms with van der Waals surface area (Å²) in [4.78, 5) is 4.19. The molecule has 116 valence electrons. The average Bonchev–Trinajstić information content (AvgIpc) is 2.61. The molecule has 1 unspecified atom stereocenters. The van der Waals surface area contributed by atoms with Crippen molar-refractivity contribution in [3.63, 3.8) is 0 Å². The number of rotatable bonds is 3. The van der Waals surface area contributed by atoms with Gasteiger partial charge in [-0.05, 0) is 59.7 Å². The van der Waals surface area contributed by atoms with Crippen molar-refractivity contribution in [2.24, 2.45) is 0 Å². The highest BCUT2D eigenvalue weighted by atomic mass is 16.5. The maximum Gasteiger partial charge on any atom is 0.119 e. The van der Waals surface area contributed by atoms with Crippen molar-refractivity contribution >= 4 is 10.8 Å². The van der Waals surface area contributed by atoms with E-state index in [9.17, 15) is 0 Å². The Labute approximate surface area is 136 Å². The molecule has 1 atom stereocenters. The van der Waals surface area contributed by atoms with E-state index in [-0.39, 0.29) is 6.04 Å². The summed E-state index contributed by atoms with van der Waals surface area (Å²) < 4.78 is 5.64. The fraction of sp³-hybridized carbons (Fsp3) is 0.250. The molecule has 0 spiro atoms. The molecule has 0 amide bonds. The van der Waals surface area contributed by atoms with Crippen LogP contribution >= 0.6 is 0 Å². The molecule has 0 radical (unpaired) electrons. The molecule has 3 aromatic rings. The van der Waals surface area contributed by atoms with Gasteiger partial charge in [0.1, 0.15) is 5.75 Å². The largest absolute Gasteiger partial charge is 0.494 e. The minimum atomic E-state index is 0.243. The zero-order valence-electron chi connectivity index (χ0n) is 13.3. The monoisotopic (exact) mass is 304 g/mol. The van der Waals surface area contributed by atoms with E-state index in [0.29, 0.717) is 6.61 Å². The van der Waals surface area contributed by atoms with Crippen LogP contribution in [-0.4, -0.2) is 18.1 Å². The number of benzene rings is 2. The van der Waals surface area contributed by atoms with E-state index >= 15 is 0 Å². The Balaban J connectivity index is 1.75. The van der Waals surface area contributed by atoms with Crippen LogP contribution in [0.2, 0.25) is 0 Å². The van der Waals surface area contributed by atoms with Crippen LogP contribution in [0.25, 0.3) is 10.8 Å². The molecular weight excluding hydrogens is 284 g/mol. The van der Waals surface area contributed by atoms with Crippen molar-refractivity contribution in [3.8, 4) is 5.75 Å². The van der Waals surface area contributed by atoms with Crippen LogP contribution < -0.4 is 10.1 Å². The molecule has 3 nitrogen and oxygen atoms in total. The summed E-state index contributed by atoms with van der Waals surface area (Å²) in [6.07, 6.45) is 4.81. The van der Waals surface area contributed by atoms with Gasteiger partial charge in [0.05, 0.1) is 12.6 Å². The van der Waals surface area contributed by atoms with Crippen LogP contribution in [0.1, 0.15) is 29.7 Å². The summed E-state index contributed by atoms with van der Waals surface area (Å²) in [6, 6.07) is 15.4. The SMILES string of the molecule is CCOc1ccc2c(c1)CCNC2c1ccc2cnccc2c1. The van der Waals surface area contributed by atoms with E-state index in [2.05, 4.69) is 52.8 Å². The highest BCUT2D eigenvalue weighted by Crippen LogP contribution is 2.32. The third kappa shape index (κ3) is 2.68. The van der Waals surface area contributed by atoms with Crippen LogP contribution in [-0.2, 0) is 6.42 Å². The summed E-state index contributed by atoms with van der Waals surface area (Å²) >= 11 is 0. The summed E-state index contributed by atoms with van der Waals surface area (Å²) in [7, 11) is 0. The Hall–Kier alpha value is -2.39. The lowest BCUT2D eigenvalue weighted by atomic mass is 9.89. The average molecular weight is 304 g/mol. The number of aromatic nitrogens is 1. The Morgan fingerprint density at radius 2 is 2.09 bits per heavy atom. The zero-order valence-corrected chi connectivity index (χ0v) is 13.3. The van der Waals surface area contributed by atoms with Crippen molar-refractivity contribution in [1.82, 2.24) is 10.3 Å². The summed E-state index contributed by atoms with van der Waals surface area (Å²) in [5.74, 6) is 0.969. The summed E-state index contributed by atoms with van der Waals surface area (Å²) in [5.41, 5.74) is 4.04. The minimum absolute atomic E-state index is 0.243. The van der Waals surface area contributed by atoms with Crippen molar-refractivity contribution in [2.45, 2.75) is 19.4 Å². The molecule has 3 heteroatoms. The maximum absolute atomic E-state index is 5.64. The normalized spacial score (nSPS) is 17.0. The van der Waals surface area contributed by atoms with E-state index in [1.807, 2.05) is 19.3 Å². The number of nitrogens with one attached hydrogen (secondary N) is 1. The Morgan fingerprint density at radius 3 is 3.00 bits per heavy atom. The van der Waals surface area contributed by atoms with Gasteiger partial charge >= 0.3 is 0 Å². The Bertz CT molecular complexity index is 844. The lowest BCUT2D eigenvalue weighted by Crippen LogP contribution is -2.30. The first-order valence-corrected chi connectivity index (χ1v) is 8.18. The molecule has 0 aliphatic carbocycles. The molecule has 2 heterocycles. The first-order valence-electron chi connectivity index (χ1n) is 8.18. The lowest BCUT2D eigenvalue weighted by molar-refractivity contribution is 0.339. The van der Waals surface area contributed by atoms with Gasteiger partial charge in [-0.15, -0.1) is 0 Å². The molecule has 4 rings (SSSR count). The molecule has 23 heavy (non-hydrogen) atoms. The molecule has 1 aliphatic heterocycles. The number of ether oxygens (including phenoxy) is 1. The van der Waals surface area contributed by atoms with Crippen molar-refractivity contribution < 1.29 is 4.74 Å². The van der Waals surface area contributed by atoms with Gasteiger partial charge in [-0.2, -0.15) is 0 Å². The minimum Gasteiger partial charge on any atom is -0.494 e. The highest BCUT2D eigenvalue weighted by Gasteiger charge is 2.21. The highest BCUT2D eigenvalue weighted by molar-refractivity contribution is 5.82. The van der Waals surface area contributed by atoms with Gasteiger partial charge in [-0.3, -0.25) is 4.98 Å². The maximum atomic E-state index is 5.64. The quantitative estimate of drug-likeness (QED) is 0.797. The van der Waals surface area contributed by atoms with E-state index in [1.54, 1.807) is 0 Å². The second-order valence-electron chi connectivity index (χ2n) is 5.91. The Kier molecular flexibility index (Phi) is 3.72. The van der Waals surface area contributed by atoms with Gasteiger partial charge in [0.2, 0.25) is 0 Å². The molecule has 0 bridgehead atoms. The van der Waals surface area contributed by atoms with Crippen LogP contribution in [0, 0.1) is 0 Å². The molecule has 0 fully saturated rings. The predicted molar refractivity (Wildman–Crippen MR) is 92.9 cm³/mol. The third-order valence-corrected chi connectivity index (χ3v) is 4.48. The topological polar surface area (TPSA) is 34.1 Å². The zero-order chi connectivity index (χ0) is 15.6. The van der Waals surface area contributed by atoms with Crippen molar-refractivity contribution in [2.75, 3.05) is 13.2 Å². The summed E-state index contributed by atoms with van der Waals surface area (Å²) in [6.45, 7) is 3.72. The Morgan fingerprint density at radius 1 is 1.13 bits per heavy atom. The van der Waals surface area contributed by atoms with E-state index in [1.165, 1.54) is 27.5 Å². The number of nitrogens with zero attached hydrogens (tertiary/aromatic N) is 1. The second kappa shape index (κ2) is 6.01. The van der Waals surface area contributed by atoms with E-state index in [4.69, 9.17) is 4.74 Å². The number of hydrogen-bond acceptors (Lipinski definition) is 3. The molecule has 1 aliphatic rings. The van der Waals surface area contributed by atoms with Crippen LogP contribution in [0.5, 0.6) is 5.75 Å². The van der Waals surface area contributed by atoms with Gasteiger partial charge in [-0.1, -0.05) is 18.2 Å². The molecule has 1 N–H and O–H groups in total. The lowest BCUT2D eigenvalue weighted by Gasteiger charge is -2.28. The van der Waals surface area contributed by atoms with E-state index in [0.717, 1.165) is 18.7 Å². The first kappa shape index (κ1) is 14.2. The number of pyridine rings is 1. The fourth-order valence-corrected chi connectivity index (χ4v) is 3.38. The van der Waals surface area contributed by atoms with Crippen LogP contribution in [0.3, 0.4) is 0 Å². The predicted octanol–water partition coefficient (Wildman–Crippen LogP) is 3.87. The smallest absolute Gasteiger partial charge is 0.119 e. The van der Waals surface area contributed by atoms with Gasteiger partial charge in [0.15, 0.2) is 0 Å². The van der Waals surface area contributed by atoms with Gasteiger partial charge in [0, 0.05) is 24.3 Å². The molecular formula is C20H20N2O. The van der Waals surface area contributed by atoms with Gasteiger partial charge in [-0.25, -0.2) is 0 Å². The molecule has 0 saturated heterocycles. The number of fused-ring (bicyclic) bond motifs is 2. The van der Waals surface area contributed by atoms with Crippen LogP contribution in [0.15, 0.2) is 54.9 Å². The number of hydrogen-bond donors (Lipinski definition) is 1. The molecule has 2 aromatic carbocycles. The van der Waals surface area contributed by atoms with Crippen molar-refractivity contribution in [1.29, 1.82) is 0 Å². The van der Waals surface area contributed by atoms with Gasteiger partial charge < -0.3 is 10.1 Å². The second-order valence-corrected chi connectivity index (χ2v) is 5.91. The molecule has 0 saturated carbocycles. The van der Waals surface area contributed by atoms with E-state index < -0.39 is 0 Å². The standard InChI is InChI=1S/C20H20N2O/c1-2-23-18-5-6-19-15(12-18)8-10-22-20(19)16-3-4-17-13-21-9-7-14(17)11-16/h3-7,9,11-13,20,22H,2,8,10H2,1H3.